The number of nitrogens with one attached hydrogen (secondary N) is 1. The molecule has 1 aliphatic heterocycles. The van der Waals surface area contributed by atoms with E-state index in [-0.39, 0.29) is 23.3 Å². The van der Waals surface area contributed by atoms with Gasteiger partial charge in [0.05, 0.1) is 21.7 Å². The Morgan fingerprint density at radius 2 is 1.78 bits per heavy atom. The normalized spacial score (nSPS) is 15.9. The molecule has 0 aliphatic carbocycles. The second kappa shape index (κ2) is 8.13. The van der Waals surface area contributed by atoms with Crippen molar-refractivity contribution >= 4 is 38.1 Å². The number of carbonyl (C=O) groups is 1. The zero-order valence-corrected chi connectivity index (χ0v) is 19.6. The Morgan fingerprint density at radius 1 is 1.06 bits per heavy atom. The SMILES string of the molecule is CC(C)CN1C(=O)C(C)(C)COc2cc(NS(=O)(=O)c3cccc4ccccc34)ccc21. The summed E-state index contributed by atoms with van der Waals surface area (Å²) in [5.41, 5.74) is 0.354. The molecule has 3 aromatic rings. The molecule has 7 heteroatoms. The van der Waals surface area contributed by atoms with E-state index < -0.39 is 15.4 Å². The first-order valence-electron chi connectivity index (χ1n) is 10.7. The van der Waals surface area contributed by atoms with Crippen molar-refractivity contribution in [1.29, 1.82) is 0 Å². The van der Waals surface area contributed by atoms with Crippen molar-refractivity contribution in [3.05, 3.63) is 60.7 Å². The molecule has 0 bridgehead atoms. The summed E-state index contributed by atoms with van der Waals surface area (Å²) in [5.74, 6) is 0.752. The van der Waals surface area contributed by atoms with Crippen LogP contribution in [0.25, 0.3) is 10.8 Å². The molecule has 0 atom stereocenters. The van der Waals surface area contributed by atoms with Crippen LogP contribution in [0.3, 0.4) is 0 Å². The standard InChI is InChI=1S/C25H28N2O4S/c1-17(2)15-27-21-13-12-19(14-22(21)31-16-25(3,4)24(27)28)26-32(29,30)23-11-7-9-18-8-5-6-10-20(18)23/h5-14,17,26H,15-16H2,1-4H3. The van der Waals surface area contributed by atoms with E-state index in [9.17, 15) is 13.2 Å². The van der Waals surface area contributed by atoms with Crippen molar-refractivity contribution in [2.24, 2.45) is 11.3 Å². The van der Waals surface area contributed by atoms with Gasteiger partial charge in [-0.25, -0.2) is 8.42 Å². The number of nitrogens with zero attached hydrogens (tertiary/aromatic N) is 1. The van der Waals surface area contributed by atoms with Crippen LogP contribution in [0.4, 0.5) is 11.4 Å². The minimum absolute atomic E-state index is 0.00552. The van der Waals surface area contributed by atoms with E-state index in [4.69, 9.17) is 4.74 Å². The average Bonchev–Trinajstić information content (AvgIpc) is 2.83. The highest BCUT2D eigenvalue weighted by atomic mass is 32.2. The molecule has 0 unspecified atom stereocenters. The average molecular weight is 453 g/mol. The van der Waals surface area contributed by atoms with Crippen molar-refractivity contribution in [2.75, 3.05) is 22.8 Å². The highest BCUT2D eigenvalue weighted by molar-refractivity contribution is 7.93. The molecule has 0 aromatic heterocycles. The first kappa shape index (κ1) is 22.1. The highest BCUT2D eigenvalue weighted by Gasteiger charge is 2.38. The highest BCUT2D eigenvalue weighted by Crippen LogP contribution is 2.39. The number of sulfonamides is 1. The third kappa shape index (κ3) is 4.17. The summed E-state index contributed by atoms with van der Waals surface area (Å²) in [6, 6.07) is 17.6. The van der Waals surface area contributed by atoms with Gasteiger partial charge in [0, 0.05) is 18.0 Å². The van der Waals surface area contributed by atoms with Crippen LogP contribution in [0.5, 0.6) is 5.75 Å². The second-order valence-corrected chi connectivity index (χ2v) is 10.9. The molecule has 0 saturated carbocycles. The van der Waals surface area contributed by atoms with Crippen LogP contribution in [0.2, 0.25) is 0 Å². The lowest BCUT2D eigenvalue weighted by Crippen LogP contribution is -2.43. The lowest BCUT2D eigenvalue weighted by molar-refractivity contribution is -0.127. The van der Waals surface area contributed by atoms with Crippen molar-refractivity contribution in [3.63, 3.8) is 0 Å². The molecule has 0 radical (unpaired) electrons. The van der Waals surface area contributed by atoms with Crippen LogP contribution in [0.1, 0.15) is 27.7 Å². The van der Waals surface area contributed by atoms with Gasteiger partial charge in [-0.2, -0.15) is 0 Å². The zero-order valence-electron chi connectivity index (χ0n) is 18.8. The van der Waals surface area contributed by atoms with Crippen LogP contribution < -0.4 is 14.4 Å². The molecular weight excluding hydrogens is 424 g/mol. The van der Waals surface area contributed by atoms with E-state index in [1.807, 2.05) is 38.1 Å². The fourth-order valence-electron chi connectivity index (χ4n) is 3.90. The third-order valence-electron chi connectivity index (χ3n) is 5.50. The summed E-state index contributed by atoms with van der Waals surface area (Å²) in [4.78, 5) is 15.1. The van der Waals surface area contributed by atoms with Gasteiger partial charge in [0.1, 0.15) is 12.4 Å². The van der Waals surface area contributed by atoms with Gasteiger partial charge < -0.3 is 9.64 Å². The van der Waals surface area contributed by atoms with Crippen molar-refractivity contribution in [3.8, 4) is 5.75 Å². The van der Waals surface area contributed by atoms with Crippen LogP contribution in [-0.4, -0.2) is 27.5 Å². The Labute approximate surface area is 189 Å². The number of hydrogen-bond acceptors (Lipinski definition) is 4. The number of hydrogen-bond donors (Lipinski definition) is 1. The summed E-state index contributed by atoms with van der Waals surface area (Å²) in [6.07, 6.45) is 0. The molecule has 0 saturated heterocycles. The fourth-order valence-corrected chi connectivity index (χ4v) is 5.18. The molecule has 1 aliphatic rings. The van der Waals surface area contributed by atoms with Crippen LogP contribution in [0.15, 0.2) is 65.6 Å². The predicted molar refractivity (Wildman–Crippen MR) is 128 cm³/mol. The Morgan fingerprint density at radius 3 is 2.53 bits per heavy atom. The molecule has 4 rings (SSSR count). The number of ether oxygens (including phenoxy) is 1. The predicted octanol–water partition coefficient (Wildman–Crippen LogP) is 5.05. The Balaban J connectivity index is 1.71. The largest absolute Gasteiger partial charge is 0.490 e. The molecule has 168 valence electrons. The number of anilines is 2. The number of rotatable bonds is 5. The third-order valence-corrected chi connectivity index (χ3v) is 6.94. The van der Waals surface area contributed by atoms with Crippen LogP contribution >= 0.6 is 0 Å². The van der Waals surface area contributed by atoms with Gasteiger partial charge >= 0.3 is 0 Å². The van der Waals surface area contributed by atoms with Gasteiger partial charge in [-0.05, 0) is 43.4 Å². The topological polar surface area (TPSA) is 75.7 Å². The Hall–Kier alpha value is -3.06. The molecule has 3 aromatic carbocycles. The van der Waals surface area contributed by atoms with E-state index in [1.165, 1.54) is 0 Å². The van der Waals surface area contributed by atoms with Crippen molar-refractivity contribution in [1.82, 2.24) is 0 Å². The maximum absolute atomic E-state index is 13.2. The van der Waals surface area contributed by atoms with E-state index >= 15 is 0 Å². The number of benzene rings is 3. The van der Waals surface area contributed by atoms with Gasteiger partial charge in [-0.1, -0.05) is 50.2 Å². The van der Waals surface area contributed by atoms with Gasteiger partial charge in [-0.3, -0.25) is 9.52 Å². The number of fused-ring (bicyclic) bond motifs is 2. The number of carbonyl (C=O) groups excluding carboxylic acids is 1. The van der Waals surface area contributed by atoms with Gasteiger partial charge in [0.25, 0.3) is 10.0 Å². The minimum Gasteiger partial charge on any atom is -0.490 e. The van der Waals surface area contributed by atoms with Crippen LogP contribution in [0, 0.1) is 11.3 Å². The minimum atomic E-state index is -3.83. The molecular formula is C25H28N2O4S. The summed E-state index contributed by atoms with van der Waals surface area (Å²) < 4.78 is 35.1. The molecule has 6 nitrogen and oxygen atoms in total. The first-order valence-corrected chi connectivity index (χ1v) is 12.2. The van der Waals surface area contributed by atoms with Crippen LogP contribution in [-0.2, 0) is 14.8 Å². The lowest BCUT2D eigenvalue weighted by Gasteiger charge is -2.29. The summed E-state index contributed by atoms with van der Waals surface area (Å²) in [5, 5.41) is 1.51. The lowest BCUT2D eigenvalue weighted by atomic mass is 9.92. The molecule has 0 spiro atoms. The van der Waals surface area contributed by atoms with E-state index in [1.54, 1.807) is 41.3 Å². The van der Waals surface area contributed by atoms with Gasteiger partial charge in [0.2, 0.25) is 5.91 Å². The first-order chi connectivity index (χ1) is 15.1. The maximum Gasteiger partial charge on any atom is 0.262 e. The van der Waals surface area contributed by atoms with E-state index in [0.717, 1.165) is 5.39 Å². The maximum atomic E-state index is 13.2. The quantitative estimate of drug-likeness (QED) is 0.588. The second-order valence-electron chi connectivity index (χ2n) is 9.25. The van der Waals surface area contributed by atoms with Crippen molar-refractivity contribution < 1.29 is 17.9 Å². The Bertz CT molecular complexity index is 1280. The summed E-state index contributed by atoms with van der Waals surface area (Å²) in [6.45, 7) is 8.60. The summed E-state index contributed by atoms with van der Waals surface area (Å²) >= 11 is 0. The van der Waals surface area contributed by atoms with Gasteiger partial charge in [0.15, 0.2) is 0 Å². The van der Waals surface area contributed by atoms with E-state index in [2.05, 4.69) is 18.6 Å². The molecule has 0 fully saturated rings. The van der Waals surface area contributed by atoms with Crippen molar-refractivity contribution in [2.45, 2.75) is 32.6 Å². The molecule has 1 heterocycles. The molecule has 1 amide bonds. The Kier molecular flexibility index (Phi) is 5.63. The molecule has 1 N–H and O–H groups in total. The smallest absolute Gasteiger partial charge is 0.262 e. The fraction of sp³-hybridized carbons (Fsp3) is 0.320. The monoisotopic (exact) mass is 452 g/mol. The van der Waals surface area contributed by atoms with Gasteiger partial charge in [-0.15, -0.1) is 0 Å². The molecule has 32 heavy (non-hydrogen) atoms. The number of amides is 1. The summed E-state index contributed by atoms with van der Waals surface area (Å²) in [7, 11) is -3.83. The zero-order chi connectivity index (χ0) is 23.1. The van der Waals surface area contributed by atoms with E-state index in [0.29, 0.717) is 29.1 Å².